The van der Waals surface area contributed by atoms with Crippen LogP contribution in [0.15, 0.2) is 52.2 Å². The number of nitrogens with zero attached hydrogens (tertiary/aromatic N) is 4. The first-order valence-electron chi connectivity index (χ1n) is 8.88. The summed E-state index contributed by atoms with van der Waals surface area (Å²) >= 11 is 1.29. The number of rotatable bonds is 6. The molecule has 3 heterocycles. The Balaban J connectivity index is 1.37. The molecule has 1 N–H and O–H groups in total. The molecule has 1 aliphatic heterocycles. The first kappa shape index (κ1) is 18.3. The summed E-state index contributed by atoms with van der Waals surface area (Å²) in [6, 6.07) is 10.9. The number of furan rings is 1. The predicted molar refractivity (Wildman–Crippen MR) is 106 cm³/mol. The second kappa shape index (κ2) is 7.89. The van der Waals surface area contributed by atoms with E-state index in [-0.39, 0.29) is 17.6 Å². The van der Waals surface area contributed by atoms with E-state index >= 15 is 0 Å². The number of amides is 2. The van der Waals surface area contributed by atoms with E-state index in [1.807, 2.05) is 37.4 Å². The molecule has 0 atom stereocenters. The second-order valence-corrected chi connectivity index (χ2v) is 7.32. The molecule has 1 saturated heterocycles. The minimum Gasteiger partial charge on any atom is -0.461 e. The van der Waals surface area contributed by atoms with Gasteiger partial charge in [0, 0.05) is 31.4 Å². The lowest BCUT2D eigenvalue weighted by atomic mass is 10.2. The van der Waals surface area contributed by atoms with E-state index in [0.717, 1.165) is 18.7 Å². The largest absolute Gasteiger partial charge is 0.461 e. The minimum absolute atomic E-state index is 0.119. The van der Waals surface area contributed by atoms with Crippen molar-refractivity contribution in [1.82, 2.24) is 14.8 Å². The van der Waals surface area contributed by atoms with E-state index in [9.17, 15) is 9.59 Å². The summed E-state index contributed by atoms with van der Waals surface area (Å²) in [7, 11) is 1.83. The van der Waals surface area contributed by atoms with Crippen LogP contribution in [0.25, 0.3) is 11.6 Å². The van der Waals surface area contributed by atoms with Crippen molar-refractivity contribution in [2.75, 3.05) is 22.5 Å². The van der Waals surface area contributed by atoms with Crippen LogP contribution in [-0.4, -0.2) is 38.9 Å². The molecule has 2 aromatic heterocycles. The number of hydrogen-bond acceptors (Lipinski definition) is 6. The van der Waals surface area contributed by atoms with Gasteiger partial charge in [-0.05, 0) is 36.8 Å². The Labute approximate surface area is 165 Å². The zero-order chi connectivity index (χ0) is 19.5. The topological polar surface area (TPSA) is 93.3 Å². The number of thioether (sulfide) groups is 1. The Bertz CT molecular complexity index is 999. The molecule has 1 aliphatic rings. The van der Waals surface area contributed by atoms with Crippen molar-refractivity contribution in [1.29, 1.82) is 0 Å². The minimum atomic E-state index is -0.155. The Morgan fingerprint density at radius 2 is 2.18 bits per heavy atom. The molecule has 0 bridgehead atoms. The van der Waals surface area contributed by atoms with Crippen LogP contribution in [0.1, 0.15) is 12.8 Å². The van der Waals surface area contributed by atoms with Crippen LogP contribution in [0.2, 0.25) is 0 Å². The lowest BCUT2D eigenvalue weighted by Crippen LogP contribution is -2.23. The van der Waals surface area contributed by atoms with Crippen LogP contribution in [0.3, 0.4) is 0 Å². The number of aromatic nitrogens is 3. The smallest absolute Gasteiger partial charge is 0.234 e. The van der Waals surface area contributed by atoms with Gasteiger partial charge >= 0.3 is 0 Å². The van der Waals surface area contributed by atoms with Crippen LogP contribution >= 0.6 is 11.8 Å². The number of nitrogens with one attached hydrogen (secondary N) is 1. The Morgan fingerprint density at radius 1 is 1.29 bits per heavy atom. The molecule has 8 nitrogen and oxygen atoms in total. The van der Waals surface area contributed by atoms with Crippen molar-refractivity contribution in [3.63, 3.8) is 0 Å². The maximum atomic E-state index is 12.3. The number of hydrogen-bond donors (Lipinski definition) is 1. The highest BCUT2D eigenvalue weighted by molar-refractivity contribution is 7.99. The maximum absolute atomic E-state index is 12.3. The molecule has 9 heteroatoms. The molecule has 0 aliphatic carbocycles. The van der Waals surface area contributed by atoms with E-state index in [4.69, 9.17) is 4.42 Å². The molecule has 1 aromatic carbocycles. The summed E-state index contributed by atoms with van der Waals surface area (Å²) in [4.78, 5) is 26.0. The molecular formula is C19H19N5O3S. The molecule has 0 saturated carbocycles. The molecular weight excluding hydrogens is 378 g/mol. The predicted octanol–water partition coefficient (Wildman–Crippen LogP) is 2.93. The highest BCUT2D eigenvalue weighted by Crippen LogP contribution is 2.25. The van der Waals surface area contributed by atoms with Crippen LogP contribution in [0, 0.1) is 0 Å². The van der Waals surface area contributed by atoms with Gasteiger partial charge in [-0.2, -0.15) is 0 Å². The summed E-state index contributed by atoms with van der Waals surface area (Å²) in [6.45, 7) is 0.718. The average Bonchev–Trinajstić information content (AvgIpc) is 3.42. The Morgan fingerprint density at radius 3 is 2.93 bits per heavy atom. The molecule has 2 amide bonds. The second-order valence-electron chi connectivity index (χ2n) is 6.38. The van der Waals surface area contributed by atoms with Crippen molar-refractivity contribution in [2.45, 2.75) is 18.0 Å². The Kier molecular flexibility index (Phi) is 5.16. The molecule has 1 fully saturated rings. The van der Waals surface area contributed by atoms with E-state index in [1.165, 1.54) is 11.8 Å². The number of carbonyl (C=O) groups excluding carboxylic acids is 2. The van der Waals surface area contributed by atoms with Gasteiger partial charge < -0.3 is 19.2 Å². The first-order valence-corrected chi connectivity index (χ1v) is 9.87. The third kappa shape index (κ3) is 3.79. The molecule has 144 valence electrons. The summed E-state index contributed by atoms with van der Waals surface area (Å²) in [5, 5.41) is 11.7. The van der Waals surface area contributed by atoms with Gasteiger partial charge in [0.15, 0.2) is 16.7 Å². The summed E-state index contributed by atoms with van der Waals surface area (Å²) in [5.41, 5.74) is 1.47. The van der Waals surface area contributed by atoms with Gasteiger partial charge in [-0.3, -0.25) is 9.59 Å². The molecule has 0 radical (unpaired) electrons. The van der Waals surface area contributed by atoms with Crippen molar-refractivity contribution < 1.29 is 14.0 Å². The van der Waals surface area contributed by atoms with Gasteiger partial charge in [-0.15, -0.1) is 10.2 Å². The average molecular weight is 397 g/mol. The van der Waals surface area contributed by atoms with Gasteiger partial charge in [0.05, 0.1) is 12.0 Å². The summed E-state index contributed by atoms with van der Waals surface area (Å²) in [5.74, 6) is 1.39. The van der Waals surface area contributed by atoms with Gasteiger partial charge in [-0.1, -0.05) is 17.8 Å². The van der Waals surface area contributed by atoms with Crippen LogP contribution in [0.4, 0.5) is 11.4 Å². The van der Waals surface area contributed by atoms with E-state index in [2.05, 4.69) is 15.5 Å². The molecule has 28 heavy (non-hydrogen) atoms. The lowest BCUT2D eigenvalue weighted by molar-refractivity contribution is -0.117. The summed E-state index contributed by atoms with van der Waals surface area (Å²) < 4.78 is 7.13. The highest BCUT2D eigenvalue weighted by atomic mass is 32.2. The van der Waals surface area contributed by atoms with Crippen molar-refractivity contribution in [3.05, 3.63) is 42.7 Å². The van der Waals surface area contributed by atoms with Crippen molar-refractivity contribution >= 4 is 35.0 Å². The molecule has 0 unspecified atom stereocenters. The fourth-order valence-electron chi connectivity index (χ4n) is 3.06. The molecule has 3 aromatic rings. The zero-order valence-corrected chi connectivity index (χ0v) is 16.1. The number of anilines is 2. The monoisotopic (exact) mass is 397 g/mol. The van der Waals surface area contributed by atoms with Crippen LogP contribution in [-0.2, 0) is 16.6 Å². The maximum Gasteiger partial charge on any atom is 0.234 e. The molecule has 0 spiro atoms. The fraction of sp³-hybridized carbons (Fsp3) is 0.263. The third-order valence-electron chi connectivity index (χ3n) is 4.42. The van der Waals surface area contributed by atoms with Crippen LogP contribution < -0.4 is 10.2 Å². The third-order valence-corrected chi connectivity index (χ3v) is 5.44. The fourth-order valence-corrected chi connectivity index (χ4v) is 3.77. The number of carbonyl (C=O) groups is 2. The van der Waals surface area contributed by atoms with Crippen LogP contribution in [0.5, 0.6) is 0 Å². The first-order chi connectivity index (χ1) is 13.6. The quantitative estimate of drug-likeness (QED) is 0.643. The summed E-state index contributed by atoms with van der Waals surface area (Å²) in [6.07, 6.45) is 3.02. The van der Waals surface area contributed by atoms with E-state index < -0.39 is 0 Å². The van der Waals surface area contributed by atoms with E-state index in [0.29, 0.717) is 28.8 Å². The number of benzene rings is 1. The zero-order valence-electron chi connectivity index (χ0n) is 15.3. The molecule has 4 rings (SSSR count). The highest BCUT2D eigenvalue weighted by Gasteiger charge is 2.22. The Hall–Kier alpha value is -3.07. The van der Waals surface area contributed by atoms with Gasteiger partial charge in [0.2, 0.25) is 11.8 Å². The van der Waals surface area contributed by atoms with Gasteiger partial charge in [-0.25, -0.2) is 0 Å². The van der Waals surface area contributed by atoms with Gasteiger partial charge in [0.1, 0.15) is 0 Å². The SMILES string of the molecule is Cn1c(SCC(=O)Nc2cccc(N3CCCC3=O)c2)nnc1-c1ccco1. The van der Waals surface area contributed by atoms with Gasteiger partial charge in [0.25, 0.3) is 0 Å². The van der Waals surface area contributed by atoms with E-state index in [1.54, 1.807) is 21.8 Å². The normalized spacial score (nSPS) is 13.9. The van der Waals surface area contributed by atoms with Crippen molar-refractivity contribution in [2.24, 2.45) is 7.05 Å². The lowest BCUT2D eigenvalue weighted by Gasteiger charge is -2.16. The standard InChI is InChI=1S/C19H19N5O3S/c1-23-18(15-7-4-10-27-15)21-22-19(23)28-12-16(25)20-13-5-2-6-14(11-13)24-9-3-8-17(24)26/h2,4-7,10-11H,3,8-9,12H2,1H3,(H,20,25). The van der Waals surface area contributed by atoms with Crippen molar-refractivity contribution in [3.8, 4) is 11.6 Å².